The van der Waals surface area contributed by atoms with Crippen LogP contribution in [0.15, 0.2) is 48.5 Å². The summed E-state index contributed by atoms with van der Waals surface area (Å²) in [6.07, 6.45) is 10.0. The zero-order valence-electron chi connectivity index (χ0n) is 18.2. The quantitative estimate of drug-likeness (QED) is 0.574. The van der Waals surface area contributed by atoms with Crippen molar-refractivity contribution >= 4 is 22.9 Å². The van der Waals surface area contributed by atoms with Crippen LogP contribution in [0.3, 0.4) is 0 Å². The van der Waals surface area contributed by atoms with Crippen LogP contribution in [-0.2, 0) is 6.54 Å². The maximum Gasteiger partial charge on any atom is 0.257 e. The molecule has 0 spiro atoms. The molecule has 0 atom stereocenters. The fourth-order valence-electron chi connectivity index (χ4n) is 5.17. The number of amides is 1. The van der Waals surface area contributed by atoms with E-state index in [2.05, 4.69) is 33.0 Å². The minimum absolute atomic E-state index is 0.0958. The predicted molar refractivity (Wildman–Crippen MR) is 125 cm³/mol. The molecule has 5 heteroatoms. The van der Waals surface area contributed by atoms with Crippen LogP contribution in [0.2, 0.25) is 0 Å². The molecule has 5 rings (SSSR count). The smallest absolute Gasteiger partial charge is 0.257 e. The number of nitrogens with zero attached hydrogens (tertiary/aromatic N) is 3. The fraction of sp³-hybridized carbons (Fsp3) is 0.462. The molecule has 2 aromatic carbocycles. The number of nitrogens with one attached hydrogen (secondary N) is 1. The van der Waals surface area contributed by atoms with Crippen LogP contribution in [0.5, 0.6) is 0 Å². The van der Waals surface area contributed by atoms with Crippen molar-refractivity contribution in [2.24, 2.45) is 0 Å². The number of piperidine rings is 1. The summed E-state index contributed by atoms with van der Waals surface area (Å²) in [6, 6.07) is 16.5. The van der Waals surface area contributed by atoms with E-state index in [-0.39, 0.29) is 5.91 Å². The van der Waals surface area contributed by atoms with Crippen molar-refractivity contribution in [1.82, 2.24) is 14.5 Å². The Morgan fingerprint density at radius 3 is 2.45 bits per heavy atom. The lowest BCUT2D eigenvalue weighted by atomic mass is 9.95. The van der Waals surface area contributed by atoms with E-state index in [1.165, 1.54) is 57.2 Å². The van der Waals surface area contributed by atoms with Gasteiger partial charge >= 0.3 is 0 Å². The lowest BCUT2D eigenvalue weighted by Gasteiger charge is -2.27. The van der Waals surface area contributed by atoms with Gasteiger partial charge in [-0.05, 0) is 68.6 Å². The summed E-state index contributed by atoms with van der Waals surface area (Å²) < 4.78 is 2.31. The molecule has 1 aliphatic carbocycles. The number of anilines is 1. The first-order chi connectivity index (χ1) is 15.3. The second-order valence-electron chi connectivity index (χ2n) is 9.08. The highest BCUT2D eigenvalue weighted by molar-refractivity contribution is 6.04. The normalized spacial score (nSPS) is 18.3. The van der Waals surface area contributed by atoms with Crippen LogP contribution in [0.4, 0.5) is 5.95 Å². The molecule has 1 aromatic heterocycles. The minimum Gasteiger partial charge on any atom is -0.307 e. The van der Waals surface area contributed by atoms with Gasteiger partial charge in [-0.25, -0.2) is 4.98 Å². The maximum atomic E-state index is 12.9. The topological polar surface area (TPSA) is 50.2 Å². The van der Waals surface area contributed by atoms with Gasteiger partial charge in [0.1, 0.15) is 0 Å². The van der Waals surface area contributed by atoms with Crippen molar-refractivity contribution < 1.29 is 4.79 Å². The lowest BCUT2D eigenvalue weighted by molar-refractivity contribution is 0.102. The van der Waals surface area contributed by atoms with E-state index in [0.717, 1.165) is 30.4 Å². The van der Waals surface area contributed by atoms with Crippen molar-refractivity contribution in [2.45, 2.75) is 64.0 Å². The van der Waals surface area contributed by atoms with E-state index in [4.69, 9.17) is 4.98 Å². The van der Waals surface area contributed by atoms with E-state index in [0.29, 0.717) is 17.6 Å². The summed E-state index contributed by atoms with van der Waals surface area (Å²) in [7, 11) is 0. The summed E-state index contributed by atoms with van der Waals surface area (Å²) >= 11 is 0. The summed E-state index contributed by atoms with van der Waals surface area (Å²) in [4.78, 5) is 20.3. The van der Waals surface area contributed by atoms with E-state index in [1.807, 2.05) is 30.3 Å². The van der Waals surface area contributed by atoms with E-state index < -0.39 is 0 Å². The molecule has 0 bridgehead atoms. The van der Waals surface area contributed by atoms with E-state index >= 15 is 0 Å². The third-order valence-electron chi connectivity index (χ3n) is 6.81. The second-order valence-corrected chi connectivity index (χ2v) is 9.08. The fourth-order valence-corrected chi connectivity index (χ4v) is 5.17. The third kappa shape index (κ3) is 4.52. The number of aromatic nitrogens is 2. The van der Waals surface area contributed by atoms with Gasteiger partial charge in [-0.1, -0.05) is 49.9 Å². The molecule has 31 heavy (non-hydrogen) atoms. The molecule has 5 nitrogen and oxygen atoms in total. The van der Waals surface area contributed by atoms with Gasteiger partial charge < -0.3 is 4.57 Å². The first-order valence-corrected chi connectivity index (χ1v) is 11.9. The van der Waals surface area contributed by atoms with Gasteiger partial charge in [0.15, 0.2) is 0 Å². The highest BCUT2D eigenvalue weighted by atomic mass is 16.1. The van der Waals surface area contributed by atoms with Gasteiger partial charge in [-0.3, -0.25) is 15.0 Å². The summed E-state index contributed by atoms with van der Waals surface area (Å²) in [5.74, 6) is 0.590. The summed E-state index contributed by atoms with van der Waals surface area (Å²) in [5.41, 5.74) is 4.13. The number of carbonyl (C=O) groups is 1. The molecule has 1 amide bonds. The lowest BCUT2D eigenvalue weighted by Crippen LogP contribution is -2.29. The number of benzene rings is 2. The molecular weight excluding hydrogens is 384 g/mol. The van der Waals surface area contributed by atoms with Crippen LogP contribution in [0.25, 0.3) is 11.0 Å². The predicted octanol–water partition coefficient (Wildman–Crippen LogP) is 5.78. The molecule has 1 N–H and O–H groups in total. The zero-order chi connectivity index (χ0) is 21.0. The Morgan fingerprint density at radius 1 is 0.935 bits per heavy atom. The number of hydrogen-bond donors (Lipinski definition) is 1. The van der Waals surface area contributed by atoms with Gasteiger partial charge in [0.2, 0.25) is 5.95 Å². The van der Waals surface area contributed by atoms with Crippen LogP contribution >= 0.6 is 0 Å². The Hall–Kier alpha value is -2.66. The molecule has 1 saturated carbocycles. The van der Waals surface area contributed by atoms with Gasteiger partial charge in [-0.15, -0.1) is 0 Å². The Bertz CT molecular complexity index is 1030. The monoisotopic (exact) mass is 416 g/mol. The molecular formula is C26H32N4O. The van der Waals surface area contributed by atoms with Gasteiger partial charge in [0.25, 0.3) is 5.91 Å². The number of likely N-dealkylation sites (tertiary alicyclic amines) is 1. The van der Waals surface area contributed by atoms with Crippen LogP contribution < -0.4 is 5.32 Å². The van der Waals surface area contributed by atoms with E-state index in [1.54, 1.807) is 0 Å². The van der Waals surface area contributed by atoms with E-state index in [9.17, 15) is 4.79 Å². The molecule has 0 radical (unpaired) electrons. The number of carbonyl (C=O) groups excluding carboxylic acids is 1. The highest BCUT2D eigenvalue weighted by Gasteiger charge is 2.23. The highest BCUT2D eigenvalue weighted by Crippen LogP contribution is 2.35. The van der Waals surface area contributed by atoms with Crippen molar-refractivity contribution in [2.75, 3.05) is 18.4 Å². The standard InChI is InChI=1S/C26H32N4O/c31-25(21-10-4-1-5-11-21)28-26-27-23-15-14-20(19-29-16-8-3-9-17-29)18-24(23)30(26)22-12-6-2-7-13-22/h1,4-5,10-11,14-15,18,22H,2-3,6-9,12-13,16-17,19H2,(H,27,28,31). The number of rotatable bonds is 5. The van der Waals surface area contributed by atoms with Gasteiger partial charge in [0, 0.05) is 18.2 Å². The van der Waals surface area contributed by atoms with Crippen molar-refractivity contribution in [1.29, 1.82) is 0 Å². The molecule has 0 unspecified atom stereocenters. The minimum atomic E-state index is -0.0958. The molecule has 2 fully saturated rings. The van der Waals surface area contributed by atoms with Gasteiger partial charge in [-0.2, -0.15) is 0 Å². The number of fused-ring (bicyclic) bond motifs is 1. The van der Waals surface area contributed by atoms with Crippen LogP contribution in [-0.4, -0.2) is 33.4 Å². The summed E-state index contributed by atoms with van der Waals surface area (Å²) in [5, 5.41) is 3.12. The zero-order valence-corrected chi connectivity index (χ0v) is 18.2. The molecule has 3 aromatic rings. The first-order valence-electron chi connectivity index (χ1n) is 11.9. The molecule has 162 valence electrons. The SMILES string of the molecule is O=C(Nc1nc2ccc(CN3CCCCC3)cc2n1C1CCCCC1)c1ccccc1. The average Bonchev–Trinajstić information content (AvgIpc) is 3.18. The van der Waals surface area contributed by atoms with Gasteiger partial charge in [0.05, 0.1) is 11.0 Å². The largest absolute Gasteiger partial charge is 0.307 e. The molecule has 2 heterocycles. The molecule has 2 aliphatic rings. The Balaban J connectivity index is 1.48. The molecule has 1 saturated heterocycles. The Morgan fingerprint density at radius 2 is 1.68 bits per heavy atom. The van der Waals surface area contributed by atoms with Crippen molar-refractivity contribution in [3.05, 3.63) is 59.7 Å². The maximum absolute atomic E-state index is 12.9. The van der Waals surface area contributed by atoms with Crippen LogP contribution in [0.1, 0.15) is 73.3 Å². The Labute approximate surface area is 184 Å². The number of hydrogen-bond acceptors (Lipinski definition) is 3. The molecule has 1 aliphatic heterocycles. The average molecular weight is 417 g/mol. The number of imidazole rings is 1. The first kappa shape index (κ1) is 20.3. The van der Waals surface area contributed by atoms with Crippen molar-refractivity contribution in [3.8, 4) is 0 Å². The van der Waals surface area contributed by atoms with Crippen molar-refractivity contribution in [3.63, 3.8) is 0 Å². The van der Waals surface area contributed by atoms with Crippen LogP contribution in [0, 0.1) is 0 Å². The second kappa shape index (κ2) is 9.23. The third-order valence-corrected chi connectivity index (χ3v) is 6.81. The Kier molecular flexibility index (Phi) is 6.03. The summed E-state index contributed by atoms with van der Waals surface area (Å²) in [6.45, 7) is 3.38.